The number of rotatable bonds is 4. The second-order valence-electron chi connectivity index (χ2n) is 3.57. The summed E-state index contributed by atoms with van der Waals surface area (Å²) in [4.78, 5) is 2.42. The van der Waals surface area contributed by atoms with E-state index in [9.17, 15) is 0 Å². The van der Waals surface area contributed by atoms with Crippen molar-refractivity contribution in [3.05, 3.63) is 46.0 Å². The zero-order chi connectivity index (χ0) is 13.0. The Kier molecular flexibility index (Phi) is 4.77. The van der Waals surface area contributed by atoms with Crippen molar-refractivity contribution >= 4 is 34.4 Å². The molecule has 0 bridgehead atoms. The largest absolute Gasteiger partial charge is 0.497 e. The van der Waals surface area contributed by atoms with Crippen molar-refractivity contribution in [1.29, 1.82) is 0 Å². The van der Waals surface area contributed by atoms with Gasteiger partial charge in [0.15, 0.2) is 0 Å². The Morgan fingerprint density at radius 3 is 2.06 bits per heavy atom. The van der Waals surface area contributed by atoms with Crippen LogP contribution in [0, 0.1) is 3.57 Å². The van der Waals surface area contributed by atoms with Crippen LogP contribution >= 0.6 is 34.4 Å². The molecule has 0 radical (unpaired) electrons. The minimum atomic E-state index is 0.878. The van der Waals surface area contributed by atoms with Crippen LogP contribution < -0.4 is 9.47 Å². The van der Waals surface area contributed by atoms with E-state index in [0.717, 1.165) is 11.5 Å². The quantitative estimate of drug-likeness (QED) is 0.739. The molecule has 4 heteroatoms. The standard InChI is InChI=1S/C14H13IO2S/c1-16-10-3-6-12(7-4-10)18-14-8-5-11(17-2)9-13(14)15/h3-9H,1-2H3. The van der Waals surface area contributed by atoms with Crippen LogP contribution in [0.15, 0.2) is 52.3 Å². The molecule has 0 aromatic heterocycles. The zero-order valence-electron chi connectivity index (χ0n) is 10.1. The first kappa shape index (κ1) is 13.5. The molecule has 0 fully saturated rings. The van der Waals surface area contributed by atoms with Crippen LogP contribution in [-0.4, -0.2) is 14.2 Å². The van der Waals surface area contributed by atoms with Crippen LogP contribution in [0.4, 0.5) is 0 Å². The summed E-state index contributed by atoms with van der Waals surface area (Å²) in [7, 11) is 3.36. The molecule has 0 N–H and O–H groups in total. The Morgan fingerprint density at radius 2 is 1.50 bits per heavy atom. The molecular weight excluding hydrogens is 359 g/mol. The Balaban J connectivity index is 2.17. The van der Waals surface area contributed by atoms with Gasteiger partial charge in [0.2, 0.25) is 0 Å². The highest BCUT2D eigenvalue weighted by Gasteiger charge is 2.04. The monoisotopic (exact) mass is 372 g/mol. The van der Waals surface area contributed by atoms with Gasteiger partial charge in [0, 0.05) is 13.4 Å². The minimum absolute atomic E-state index is 0.878. The molecule has 0 atom stereocenters. The van der Waals surface area contributed by atoms with Crippen molar-refractivity contribution in [2.75, 3.05) is 14.2 Å². The lowest BCUT2D eigenvalue weighted by atomic mass is 10.3. The van der Waals surface area contributed by atoms with Gasteiger partial charge in [-0.25, -0.2) is 0 Å². The van der Waals surface area contributed by atoms with E-state index < -0.39 is 0 Å². The molecule has 0 aliphatic rings. The number of benzene rings is 2. The van der Waals surface area contributed by atoms with Crippen LogP contribution in [0.25, 0.3) is 0 Å². The summed E-state index contributed by atoms with van der Waals surface area (Å²) >= 11 is 4.06. The van der Waals surface area contributed by atoms with Crippen LogP contribution in [0.1, 0.15) is 0 Å². The van der Waals surface area contributed by atoms with Crippen molar-refractivity contribution in [2.45, 2.75) is 9.79 Å². The molecule has 0 amide bonds. The van der Waals surface area contributed by atoms with E-state index in [4.69, 9.17) is 9.47 Å². The Bertz CT molecular complexity index is 526. The highest BCUT2D eigenvalue weighted by atomic mass is 127. The molecule has 0 spiro atoms. The summed E-state index contributed by atoms with van der Waals surface area (Å²) in [6.07, 6.45) is 0. The summed E-state index contributed by atoms with van der Waals surface area (Å²) in [5, 5.41) is 0. The van der Waals surface area contributed by atoms with Gasteiger partial charge in [0.05, 0.1) is 14.2 Å². The normalized spacial score (nSPS) is 10.2. The number of hydrogen-bond donors (Lipinski definition) is 0. The average Bonchev–Trinajstić information content (AvgIpc) is 2.42. The topological polar surface area (TPSA) is 18.5 Å². The SMILES string of the molecule is COc1ccc(Sc2ccc(OC)cc2I)cc1. The minimum Gasteiger partial charge on any atom is -0.497 e. The van der Waals surface area contributed by atoms with E-state index in [2.05, 4.69) is 40.8 Å². The van der Waals surface area contributed by atoms with E-state index in [-0.39, 0.29) is 0 Å². The second kappa shape index (κ2) is 6.33. The highest BCUT2D eigenvalue weighted by molar-refractivity contribution is 14.1. The van der Waals surface area contributed by atoms with Crippen molar-refractivity contribution in [2.24, 2.45) is 0 Å². The van der Waals surface area contributed by atoms with Crippen LogP contribution in [-0.2, 0) is 0 Å². The molecule has 0 aliphatic heterocycles. The third kappa shape index (κ3) is 3.32. The molecule has 2 aromatic carbocycles. The van der Waals surface area contributed by atoms with Gasteiger partial charge in [0.25, 0.3) is 0 Å². The van der Waals surface area contributed by atoms with Gasteiger partial charge in [-0.05, 0) is 65.1 Å². The molecule has 2 rings (SSSR count). The number of halogens is 1. The fourth-order valence-corrected chi connectivity index (χ4v) is 3.10. The predicted molar refractivity (Wildman–Crippen MR) is 82.8 cm³/mol. The highest BCUT2D eigenvalue weighted by Crippen LogP contribution is 2.33. The Hall–Kier alpha value is -0.880. The predicted octanol–water partition coefficient (Wildman–Crippen LogP) is 4.46. The molecule has 2 nitrogen and oxygen atoms in total. The maximum atomic E-state index is 5.20. The van der Waals surface area contributed by atoms with Gasteiger partial charge >= 0.3 is 0 Å². The van der Waals surface area contributed by atoms with E-state index in [0.29, 0.717) is 0 Å². The summed E-state index contributed by atoms with van der Waals surface area (Å²) in [5.41, 5.74) is 0. The maximum absolute atomic E-state index is 5.20. The molecule has 0 heterocycles. The first-order valence-corrected chi connectivity index (χ1v) is 7.28. The number of methoxy groups -OCH3 is 2. The van der Waals surface area contributed by atoms with Gasteiger partial charge in [-0.15, -0.1) is 0 Å². The zero-order valence-corrected chi connectivity index (χ0v) is 13.1. The lowest BCUT2D eigenvalue weighted by molar-refractivity contribution is 0.414. The molecule has 18 heavy (non-hydrogen) atoms. The first-order valence-electron chi connectivity index (χ1n) is 5.38. The van der Waals surface area contributed by atoms with E-state index >= 15 is 0 Å². The van der Waals surface area contributed by atoms with Gasteiger partial charge in [-0.3, -0.25) is 0 Å². The van der Waals surface area contributed by atoms with Gasteiger partial charge in [0.1, 0.15) is 11.5 Å². The lowest BCUT2D eigenvalue weighted by Gasteiger charge is -2.07. The average molecular weight is 372 g/mol. The molecule has 2 aromatic rings. The fourth-order valence-electron chi connectivity index (χ4n) is 1.46. The van der Waals surface area contributed by atoms with Gasteiger partial charge in [-0.1, -0.05) is 11.8 Å². The van der Waals surface area contributed by atoms with Gasteiger partial charge in [-0.2, -0.15) is 0 Å². The van der Waals surface area contributed by atoms with E-state index in [1.807, 2.05) is 24.3 Å². The third-order valence-corrected chi connectivity index (χ3v) is 4.77. The van der Waals surface area contributed by atoms with Crippen molar-refractivity contribution in [1.82, 2.24) is 0 Å². The van der Waals surface area contributed by atoms with Crippen molar-refractivity contribution in [3.8, 4) is 11.5 Å². The Morgan fingerprint density at radius 1 is 0.889 bits per heavy atom. The summed E-state index contributed by atoms with van der Waals surface area (Å²) in [5.74, 6) is 1.77. The Labute approximate surface area is 125 Å². The smallest absolute Gasteiger partial charge is 0.119 e. The fraction of sp³-hybridized carbons (Fsp3) is 0.143. The summed E-state index contributed by atoms with van der Waals surface area (Å²) in [6.45, 7) is 0. The van der Waals surface area contributed by atoms with Crippen molar-refractivity contribution in [3.63, 3.8) is 0 Å². The summed E-state index contributed by atoms with van der Waals surface area (Å²) < 4.78 is 11.5. The molecule has 94 valence electrons. The molecule has 0 saturated carbocycles. The molecule has 0 unspecified atom stereocenters. The lowest BCUT2D eigenvalue weighted by Crippen LogP contribution is -1.86. The van der Waals surface area contributed by atoms with E-state index in [1.165, 1.54) is 13.4 Å². The number of hydrogen-bond acceptors (Lipinski definition) is 3. The number of ether oxygens (including phenoxy) is 2. The van der Waals surface area contributed by atoms with E-state index in [1.54, 1.807) is 26.0 Å². The van der Waals surface area contributed by atoms with Crippen LogP contribution in [0.3, 0.4) is 0 Å². The second-order valence-corrected chi connectivity index (χ2v) is 5.85. The van der Waals surface area contributed by atoms with Crippen molar-refractivity contribution < 1.29 is 9.47 Å². The molecule has 0 saturated heterocycles. The molecule has 0 aliphatic carbocycles. The first-order chi connectivity index (χ1) is 8.72. The third-order valence-electron chi connectivity index (χ3n) is 2.43. The molecular formula is C14H13IO2S. The van der Waals surface area contributed by atoms with Crippen LogP contribution in [0.5, 0.6) is 11.5 Å². The van der Waals surface area contributed by atoms with Crippen LogP contribution in [0.2, 0.25) is 0 Å². The maximum Gasteiger partial charge on any atom is 0.119 e. The van der Waals surface area contributed by atoms with Gasteiger partial charge < -0.3 is 9.47 Å². The summed E-state index contributed by atoms with van der Waals surface area (Å²) in [6, 6.07) is 14.2.